The van der Waals surface area contributed by atoms with E-state index in [2.05, 4.69) is 0 Å². The van der Waals surface area contributed by atoms with Crippen molar-refractivity contribution in [2.24, 2.45) is 5.92 Å². The van der Waals surface area contributed by atoms with Gasteiger partial charge in [-0.25, -0.2) is 0 Å². The second-order valence-electron chi connectivity index (χ2n) is 3.44. The molecule has 0 amide bonds. The van der Waals surface area contributed by atoms with Crippen LogP contribution in [0.4, 0.5) is 0 Å². The molecular formula is C12H16O3. The minimum absolute atomic E-state index is 0.0645. The predicted octanol–water partition coefficient (Wildman–Crippen LogP) is 2.01. The van der Waals surface area contributed by atoms with Gasteiger partial charge in [0.05, 0.1) is 13.2 Å². The smallest absolute Gasteiger partial charge is 0.147 e. The second-order valence-corrected chi connectivity index (χ2v) is 3.44. The Bertz CT molecular complexity index is 271. The quantitative estimate of drug-likeness (QED) is 0.390. The highest BCUT2D eigenvalue weighted by molar-refractivity contribution is 5.52. The first-order valence-corrected chi connectivity index (χ1v) is 4.97. The zero-order valence-electron chi connectivity index (χ0n) is 8.89. The predicted molar refractivity (Wildman–Crippen MR) is 57.3 cm³/mol. The number of carbonyl (C=O) groups is 1. The molecular weight excluding hydrogens is 192 g/mol. The number of ether oxygens (including phenoxy) is 2. The molecule has 1 unspecified atom stereocenters. The first kappa shape index (κ1) is 11.9. The maximum absolute atomic E-state index is 10.3. The lowest BCUT2D eigenvalue weighted by atomic mass is 10.2. The summed E-state index contributed by atoms with van der Waals surface area (Å²) < 4.78 is 10.4. The van der Waals surface area contributed by atoms with E-state index in [1.807, 2.05) is 37.3 Å². The first-order valence-electron chi connectivity index (χ1n) is 4.97. The van der Waals surface area contributed by atoms with Crippen LogP contribution in [0, 0.1) is 5.92 Å². The van der Waals surface area contributed by atoms with Gasteiger partial charge in [0, 0.05) is 5.92 Å². The molecule has 0 aliphatic rings. The molecule has 0 aromatic heterocycles. The Balaban J connectivity index is 2.05. The van der Waals surface area contributed by atoms with Crippen molar-refractivity contribution >= 4 is 6.29 Å². The summed E-state index contributed by atoms with van der Waals surface area (Å²) in [5.41, 5.74) is 1.12. The zero-order chi connectivity index (χ0) is 10.9. The van der Waals surface area contributed by atoms with Crippen LogP contribution < -0.4 is 0 Å². The number of hydrogen-bond acceptors (Lipinski definition) is 3. The van der Waals surface area contributed by atoms with Crippen molar-refractivity contribution in [3.05, 3.63) is 35.9 Å². The summed E-state index contributed by atoms with van der Waals surface area (Å²) in [5.74, 6) is -0.0645. The average Bonchev–Trinajstić information content (AvgIpc) is 2.29. The molecule has 3 nitrogen and oxygen atoms in total. The molecule has 0 aliphatic heterocycles. The topological polar surface area (TPSA) is 35.5 Å². The van der Waals surface area contributed by atoms with Crippen LogP contribution in [0.2, 0.25) is 0 Å². The van der Waals surface area contributed by atoms with Gasteiger partial charge in [0.1, 0.15) is 13.1 Å². The van der Waals surface area contributed by atoms with E-state index in [9.17, 15) is 4.79 Å². The lowest BCUT2D eigenvalue weighted by Gasteiger charge is -2.06. The molecule has 1 aromatic carbocycles. The highest BCUT2D eigenvalue weighted by Gasteiger charge is 1.98. The molecule has 0 aliphatic carbocycles. The average molecular weight is 208 g/mol. The molecule has 82 valence electrons. The van der Waals surface area contributed by atoms with Crippen LogP contribution in [0.3, 0.4) is 0 Å². The summed E-state index contributed by atoms with van der Waals surface area (Å²) in [6, 6.07) is 9.88. The SMILES string of the molecule is CC(C=O)COCOCc1ccccc1. The summed E-state index contributed by atoms with van der Waals surface area (Å²) in [5, 5.41) is 0. The maximum Gasteiger partial charge on any atom is 0.147 e. The third kappa shape index (κ3) is 5.30. The molecule has 0 saturated heterocycles. The lowest BCUT2D eigenvalue weighted by Crippen LogP contribution is -2.09. The molecule has 15 heavy (non-hydrogen) atoms. The highest BCUT2D eigenvalue weighted by Crippen LogP contribution is 2.00. The van der Waals surface area contributed by atoms with E-state index in [0.29, 0.717) is 13.2 Å². The summed E-state index contributed by atoms with van der Waals surface area (Å²) in [6.07, 6.45) is 0.872. The molecule has 3 heteroatoms. The molecule has 1 rings (SSSR count). The summed E-state index contributed by atoms with van der Waals surface area (Å²) in [7, 11) is 0. The fourth-order valence-electron chi connectivity index (χ4n) is 1.07. The monoisotopic (exact) mass is 208 g/mol. The van der Waals surface area contributed by atoms with Gasteiger partial charge in [0.15, 0.2) is 0 Å². The highest BCUT2D eigenvalue weighted by atomic mass is 16.7. The third-order valence-corrected chi connectivity index (χ3v) is 1.89. The van der Waals surface area contributed by atoms with E-state index in [4.69, 9.17) is 9.47 Å². The molecule has 0 fully saturated rings. The standard InChI is InChI=1S/C12H16O3/c1-11(7-13)8-14-10-15-9-12-5-3-2-4-6-12/h2-7,11H,8-10H2,1H3. The van der Waals surface area contributed by atoms with Crippen LogP contribution in [-0.2, 0) is 20.9 Å². The Morgan fingerprint density at radius 2 is 2.00 bits per heavy atom. The van der Waals surface area contributed by atoms with Crippen molar-refractivity contribution in [1.82, 2.24) is 0 Å². The van der Waals surface area contributed by atoms with Crippen LogP contribution in [-0.4, -0.2) is 19.7 Å². The molecule has 1 aromatic rings. The summed E-state index contributed by atoms with van der Waals surface area (Å²) >= 11 is 0. The summed E-state index contributed by atoms with van der Waals surface area (Å²) in [6.45, 7) is 2.99. The molecule has 0 saturated carbocycles. The van der Waals surface area contributed by atoms with Gasteiger partial charge in [-0.15, -0.1) is 0 Å². The number of benzene rings is 1. The van der Waals surface area contributed by atoms with E-state index in [1.165, 1.54) is 0 Å². The van der Waals surface area contributed by atoms with E-state index in [1.54, 1.807) is 0 Å². The van der Waals surface area contributed by atoms with E-state index in [0.717, 1.165) is 11.8 Å². The van der Waals surface area contributed by atoms with Crippen molar-refractivity contribution in [3.63, 3.8) is 0 Å². The minimum atomic E-state index is -0.0645. The Labute approximate surface area is 90.0 Å². The zero-order valence-corrected chi connectivity index (χ0v) is 8.89. The van der Waals surface area contributed by atoms with E-state index in [-0.39, 0.29) is 12.7 Å². The van der Waals surface area contributed by atoms with Crippen LogP contribution in [0.25, 0.3) is 0 Å². The number of aldehydes is 1. The van der Waals surface area contributed by atoms with Crippen molar-refractivity contribution in [2.45, 2.75) is 13.5 Å². The Kier molecular flexibility index (Phi) is 5.66. The van der Waals surface area contributed by atoms with Crippen LogP contribution >= 0.6 is 0 Å². The fourth-order valence-corrected chi connectivity index (χ4v) is 1.07. The first-order chi connectivity index (χ1) is 7.33. The molecule has 0 spiro atoms. The normalized spacial score (nSPS) is 12.3. The van der Waals surface area contributed by atoms with Crippen LogP contribution in [0.1, 0.15) is 12.5 Å². The van der Waals surface area contributed by atoms with Crippen molar-refractivity contribution in [1.29, 1.82) is 0 Å². The van der Waals surface area contributed by atoms with E-state index < -0.39 is 0 Å². The van der Waals surface area contributed by atoms with Gasteiger partial charge in [0.2, 0.25) is 0 Å². The summed E-state index contributed by atoms with van der Waals surface area (Å²) in [4.78, 5) is 10.3. The van der Waals surface area contributed by atoms with Gasteiger partial charge in [-0.05, 0) is 5.56 Å². The molecule has 0 bridgehead atoms. The van der Waals surface area contributed by atoms with Gasteiger partial charge < -0.3 is 14.3 Å². The van der Waals surface area contributed by atoms with Gasteiger partial charge >= 0.3 is 0 Å². The van der Waals surface area contributed by atoms with Crippen molar-refractivity contribution < 1.29 is 14.3 Å². The number of carbonyl (C=O) groups excluding carboxylic acids is 1. The van der Waals surface area contributed by atoms with Gasteiger partial charge in [-0.1, -0.05) is 37.3 Å². The third-order valence-electron chi connectivity index (χ3n) is 1.89. The number of hydrogen-bond donors (Lipinski definition) is 0. The minimum Gasteiger partial charge on any atom is -0.355 e. The van der Waals surface area contributed by atoms with Gasteiger partial charge in [0.25, 0.3) is 0 Å². The fraction of sp³-hybridized carbons (Fsp3) is 0.417. The largest absolute Gasteiger partial charge is 0.355 e. The molecule has 0 radical (unpaired) electrons. The van der Waals surface area contributed by atoms with Crippen LogP contribution in [0.5, 0.6) is 0 Å². The maximum atomic E-state index is 10.3. The lowest BCUT2D eigenvalue weighted by molar-refractivity contribution is -0.115. The molecule has 0 N–H and O–H groups in total. The van der Waals surface area contributed by atoms with Crippen molar-refractivity contribution in [3.8, 4) is 0 Å². The van der Waals surface area contributed by atoms with Crippen molar-refractivity contribution in [2.75, 3.05) is 13.4 Å². The second kappa shape index (κ2) is 7.15. The molecule has 0 heterocycles. The Hall–Kier alpha value is -1.19. The molecule has 1 atom stereocenters. The van der Waals surface area contributed by atoms with Gasteiger partial charge in [-0.3, -0.25) is 0 Å². The van der Waals surface area contributed by atoms with Crippen LogP contribution in [0.15, 0.2) is 30.3 Å². The Morgan fingerprint density at radius 3 is 2.67 bits per heavy atom. The van der Waals surface area contributed by atoms with Gasteiger partial charge in [-0.2, -0.15) is 0 Å². The number of rotatable bonds is 7. The van der Waals surface area contributed by atoms with E-state index >= 15 is 0 Å². The Morgan fingerprint density at radius 1 is 1.27 bits per heavy atom.